The van der Waals surface area contributed by atoms with Gasteiger partial charge >= 0.3 is 6.01 Å². The molecule has 6 nitrogen and oxygen atoms in total. The first-order valence-electron chi connectivity index (χ1n) is 6.30. The Labute approximate surface area is 132 Å². The summed E-state index contributed by atoms with van der Waals surface area (Å²) in [4.78, 5) is 12.4. The number of anilines is 3. The highest BCUT2D eigenvalue weighted by molar-refractivity contribution is 6.35. The molecule has 0 amide bonds. The van der Waals surface area contributed by atoms with E-state index < -0.39 is 0 Å². The Balaban J connectivity index is 2.34. The summed E-state index contributed by atoms with van der Waals surface area (Å²) in [5, 5.41) is 7.15. The van der Waals surface area contributed by atoms with E-state index >= 15 is 0 Å². The standard InChI is InChI=1S/C13H15Cl2N5O/c1-4-16-11-18-12(20-13(19-11)21-3)17-10-6-8(14)7(2)5-9(10)15/h5-6H,4H2,1-3H3,(H2,16,17,18,19,20). The van der Waals surface area contributed by atoms with Gasteiger partial charge in [0, 0.05) is 11.6 Å². The molecule has 1 aromatic carbocycles. The maximum atomic E-state index is 6.19. The zero-order chi connectivity index (χ0) is 15.4. The van der Waals surface area contributed by atoms with Crippen molar-refractivity contribution in [3.05, 3.63) is 27.7 Å². The minimum atomic E-state index is 0.206. The molecule has 2 aromatic rings. The first kappa shape index (κ1) is 15.6. The van der Waals surface area contributed by atoms with Crippen LogP contribution in [0.15, 0.2) is 12.1 Å². The second-order valence-corrected chi connectivity index (χ2v) is 5.02. The highest BCUT2D eigenvalue weighted by atomic mass is 35.5. The minimum Gasteiger partial charge on any atom is -0.467 e. The van der Waals surface area contributed by atoms with Gasteiger partial charge in [0.1, 0.15) is 0 Å². The lowest BCUT2D eigenvalue weighted by atomic mass is 10.2. The van der Waals surface area contributed by atoms with Gasteiger partial charge in [0.2, 0.25) is 11.9 Å². The largest absolute Gasteiger partial charge is 0.467 e. The molecule has 0 unspecified atom stereocenters. The van der Waals surface area contributed by atoms with E-state index in [1.54, 1.807) is 12.1 Å². The SMILES string of the molecule is CCNc1nc(Nc2cc(Cl)c(C)cc2Cl)nc(OC)n1. The van der Waals surface area contributed by atoms with E-state index in [0.29, 0.717) is 34.2 Å². The molecule has 8 heteroatoms. The molecular weight excluding hydrogens is 313 g/mol. The smallest absolute Gasteiger partial charge is 0.322 e. The number of hydrogen-bond acceptors (Lipinski definition) is 6. The normalized spacial score (nSPS) is 10.3. The third-order valence-corrected chi connectivity index (χ3v) is 3.35. The van der Waals surface area contributed by atoms with Crippen LogP contribution < -0.4 is 15.4 Å². The van der Waals surface area contributed by atoms with Crippen LogP contribution in [0, 0.1) is 6.92 Å². The van der Waals surface area contributed by atoms with Crippen LogP contribution in [-0.4, -0.2) is 28.6 Å². The predicted octanol–water partition coefficient (Wildman–Crippen LogP) is 3.67. The zero-order valence-corrected chi connectivity index (χ0v) is 13.4. The third-order valence-electron chi connectivity index (χ3n) is 2.63. The number of halogens is 2. The third kappa shape index (κ3) is 3.86. The Bertz CT molecular complexity index is 651. The molecule has 2 N–H and O–H groups in total. The summed E-state index contributed by atoms with van der Waals surface area (Å²) in [6, 6.07) is 3.70. The Morgan fingerprint density at radius 1 is 1.10 bits per heavy atom. The lowest BCUT2D eigenvalue weighted by Gasteiger charge is -2.11. The number of nitrogens with one attached hydrogen (secondary N) is 2. The fourth-order valence-electron chi connectivity index (χ4n) is 1.60. The van der Waals surface area contributed by atoms with Gasteiger partial charge < -0.3 is 15.4 Å². The topological polar surface area (TPSA) is 72.0 Å². The molecule has 0 atom stereocenters. The van der Waals surface area contributed by atoms with Crippen molar-refractivity contribution in [1.82, 2.24) is 15.0 Å². The molecule has 112 valence electrons. The molecular formula is C13H15Cl2N5O. The molecule has 21 heavy (non-hydrogen) atoms. The molecule has 0 aliphatic rings. The van der Waals surface area contributed by atoms with Crippen molar-refractivity contribution in [3.63, 3.8) is 0 Å². The average Bonchev–Trinajstić information content (AvgIpc) is 2.45. The maximum Gasteiger partial charge on any atom is 0.322 e. The number of benzene rings is 1. The molecule has 0 fully saturated rings. The Hall–Kier alpha value is -1.79. The van der Waals surface area contributed by atoms with E-state index in [4.69, 9.17) is 27.9 Å². The van der Waals surface area contributed by atoms with E-state index in [1.165, 1.54) is 7.11 Å². The molecule has 0 radical (unpaired) electrons. The average molecular weight is 328 g/mol. The van der Waals surface area contributed by atoms with Gasteiger partial charge in [-0.1, -0.05) is 23.2 Å². The number of nitrogens with zero attached hydrogens (tertiary/aromatic N) is 3. The van der Waals surface area contributed by atoms with Crippen molar-refractivity contribution in [2.24, 2.45) is 0 Å². The van der Waals surface area contributed by atoms with Crippen molar-refractivity contribution in [2.45, 2.75) is 13.8 Å². The first-order valence-corrected chi connectivity index (χ1v) is 7.05. The summed E-state index contributed by atoms with van der Waals surface area (Å²) < 4.78 is 5.05. The van der Waals surface area contributed by atoms with Crippen LogP contribution in [0.5, 0.6) is 6.01 Å². The van der Waals surface area contributed by atoms with Crippen molar-refractivity contribution in [1.29, 1.82) is 0 Å². The number of aryl methyl sites for hydroxylation is 1. The Morgan fingerprint density at radius 3 is 2.48 bits per heavy atom. The van der Waals surface area contributed by atoms with Gasteiger partial charge in [0.25, 0.3) is 0 Å². The second kappa shape index (κ2) is 6.78. The van der Waals surface area contributed by atoms with Gasteiger partial charge in [-0.3, -0.25) is 0 Å². The fraction of sp³-hybridized carbons (Fsp3) is 0.308. The monoisotopic (exact) mass is 327 g/mol. The van der Waals surface area contributed by atoms with Gasteiger partial charge in [-0.15, -0.1) is 0 Å². The van der Waals surface area contributed by atoms with Crippen molar-refractivity contribution < 1.29 is 4.74 Å². The molecule has 0 saturated carbocycles. The summed E-state index contributed by atoms with van der Waals surface area (Å²) in [6.45, 7) is 4.51. The lowest BCUT2D eigenvalue weighted by molar-refractivity contribution is 0.379. The van der Waals surface area contributed by atoms with Gasteiger partial charge in [-0.2, -0.15) is 15.0 Å². The van der Waals surface area contributed by atoms with E-state index in [9.17, 15) is 0 Å². The van der Waals surface area contributed by atoms with Crippen LogP contribution in [0.4, 0.5) is 17.6 Å². The van der Waals surface area contributed by atoms with Crippen molar-refractivity contribution in [2.75, 3.05) is 24.3 Å². The predicted molar refractivity (Wildman–Crippen MR) is 85.0 cm³/mol. The number of rotatable bonds is 5. The van der Waals surface area contributed by atoms with Gasteiger partial charge in [-0.05, 0) is 31.5 Å². The highest BCUT2D eigenvalue weighted by Gasteiger charge is 2.10. The number of ether oxygens (including phenoxy) is 1. The van der Waals surface area contributed by atoms with Crippen molar-refractivity contribution >= 4 is 40.8 Å². The molecule has 0 bridgehead atoms. The van der Waals surface area contributed by atoms with E-state index in [-0.39, 0.29) is 6.01 Å². The van der Waals surface area contributed by atoms with Crippen LogP contribution in [0.1, 0.15) is 12.5 Å². The van der Waals surface area contributed by atoms with Crippen LogP contribution in [-0.2, 0) is 0 Å². The van der Waals surface area contributed by atoms with Crippen molar-refractivity contribution in [3.8, 4) is 6.01 Å². The fourth-order valence-corrected chi connectivity index (χ4v) is 2.03. The number of aromatic nitrogens is 3. The van der Waals surface area contributed by atoms with Crippen LogP contribution >= 0.6 is 23.2 Å². The van der Waals surface area contributed by atoms with Gasteiger partial charge in [0.05, 0.1) is 17.8 Å². The Morgan fingerprint density at radius 2 is 1.81 bits per heavy atom. The van der Waals surface area contributed by atoms with E-state index in [2.05, 4.69) is 25.6 Å². The first-order chi connectivity index (χ1) is 10.0. The lowest BCUT2D eigenvalue weighted by Crippen LogP contribution is -2.08. The van der Waals surface area contributed by atoms with Gasteiger partial charge in [0.15, 0.2) is 0 Å². The Kier molecular flexibility index (Phi) is 5.03. The summed E-state index contributed by atoms with van der Waals surface area (Å²) in [5.74, 6) is 0.737. The summed E-state index contributed by atoms with van der Waals surface area (Å²) in [7, 11) is 1.49. The minimum absolute atomic E-state index is 0.206. The second-order valence-electron chi connectivity index (χ2n) is 4.21. The molecule has 1 heterocycles. The maximum absolute atomic E-state index is 6.19. The van der Waals surface area contributed by atoms with E-state index in [1.807, 2.05) is 13.8 Å². The van der Waals surface area contributed by atoms with Gasteiger partial charge in [-0.25, -0.2) is 0 Å². The summed E-state index contributed by atoms with van der Waals surface area (Å²) >= 11 is 12.3. The molecule has 1 aromatic heterocycles. The molecule has 0 aliphatic heterocycles. The van der Waals surface area contributed by atoms with Crippen LogP contribution in [0.3, 0.4) is 0 Å². The molecule has 0 saturated heterocycles. The van der Waals surface area contributed by atoms with Crippen LogP contribution in [0.2, 0.25) is 10.0 Å². The quantitative estimate of drug-likeness (QED) is 0.872. The van der Waals surface area contributed by atoms with E-state index in [0.717, 1.165) is 5.56 Å². The zero-order valence-electron chi connectivity index (χ0n) is 11.9. The number of methoxy groups -OCH3 is 1. The molecule has 0 spiro atoms. The summed E-state index contributed by atoms with van der Waals surface area (Å²) in [5.41, 5.74) is 1.51. The highest BCUT2D eigenvalue weighted by Crippen LogP contribution is 2.30. The number of hydrogen-bond donors (Lipinski definition) is 2. The molecule has 0 aliphatic carbocycles. The van der Waals surface area contributed by atoms with Crippen LogP contribution in [0.25, 0.3) is 0 Å². The molecule has 2 rings (SSSR count). The summed E-state index contributed by atoms with van der Waals surface area (Å²) in [6.07, 6.45) is 0.